The molecular weight excluding hydrogens is 507 g/mol. The number of aromatic nitrogens is 2. The molecule has 1 fully saturated rings. The predicted molar refractivity (Wildman–Crippen MR) is 138 cm³/mol. The number of aryl methyl sites for hydroxylation is 2. The molecule has 3 heterocycles. The fourth-order valence-corrected chi connectivity index (χ4v) is 4.78. The maximum atomic E-state index is 4.92. The van der Waals surface area contributed by atoms with Crippen molar-refractivity contribution in [2.75, 3.05) is 19.6 Å². The molecule has 30 heavy (non-hydrogen) atoms. The second-order valence-electron chi connectivity index (χ2n) is 7.72. The minimum Gasteiger partial charge on any atom is -0.357 e. The van der Waals surface area contributed by atoms with Crippen molar-refractivity contribution in [2.45, 2.75) is 65.6 Å². The average molecular weight is 545 g/mol. The van der Waals surface area contributed by atoms with Gasteiger partial charge in [-0.15, -0.1) is 24.0 Å². The molecule has 6 nitrogen and oxygen atoms in total. The van der Waals surface area contributed by atoms with Gasteiger partial charge >= 0.3 is 0 Å². The Kier molecular flexibility index (Phi) is 10.6. The van der Waals surface area contributed by atoms with Gasteiger partial charge in [-0.3, -0.25) is 9.58 Å². The summed E-state index contributed by atoms with van der Waals surface area (Å²) in [6.45, 7) is 11.4. The van der Waals surface area contributed by atoms with E-state index in [2.05, 4.69) is 58.2 Å². The van der Waals surface area contributed by atoms with Gasteiger partial charge in [0.2, 0.25) is 0 Å². The number of hydrogen-bond acceptors (Lipinski definition) is 4. The molecule has 0 aliphatic carbocycles. The third-order valence-corrected chi connectivity index (χ3v) is 6.41. The van der Waals surface area contributed by atoms with E-state index in [4.69, 9.17) is 4.99 Å². The highest BCUT2D eigenvalue weighted by atomic mass is 127. The summed E-state index contributed by atoms with van der Waals surface area (Å²) in [6.07, 6.45) is 4.25. The molecule has 2 N–H and O–H groups in total. The Bertz CT molecular complexity index is 778. The predicted octanol–water partition coefficient (Wildman–Crippen LogP) is 3.94. The Morgan fingerprint density at radius 1 is 1.23 bits per heavy atom. The first kappa shape index (κ1) is 25.1. The molecule has 1 aliphatic heterocycles. The van der Waals surface area contributed by atoms with Crippen molar-refractivity contribution in [1.29, 1.82) is 0 Å². The van der Waals surface area contributed by atoms with E-state index in [0.29, 0.717) is 12.6 Å². The largest absolute Gasteiger partial charge is 0.357 e. The zero-order valence-corrected chi connectivity index (χ0v) is 21.9. The van der Waals surface area contributed by atoms with Gasteiger partial charge in [0.25, 0.3) is 0 Å². The van der Waals surface area contributed by atoms with Crippen LogP contribution < -0.4 is 10.6 Å². The van der Waals surface area contributed by atoms with E-state index in [1.807, 2.05) is 11.7 Å². The van der Waals surface area contributed by atoms with Crippen LogP contribution >= 0.6 is 35.3 Å². The van der Waals surface area contributed by atoms with Crippen LogP contribution in [0.4, 0.5) is 0 Å². The zero-order chi connectivity index (χ0) is 20.6. The normalized spacial score (nSPS) is 15.8. The standard InChI is InChI=1S/C22H36N6S.HI/c1-5-20-19(21(6-2)27(4)26-20)14-24-22(23-7-3)25-18-8-11-28(12-9-18)15-17-10-13-29-16-17;/h10,13,16,18H,5-9,11-12,14-15H2,1-4H3,(H2,23,24,25);1H. The van der Waals surface area contributed by atoms with Crippen molar-refractivity contribution in [3.05, 3.63) is 39.3 Å². The quantitative estimate of drug-likeness (QED) is 0.300. The van der Waals surface area contributed by atoms with E-state index in [9.17, 15) is 0 Å². The first-order chi connectivity index (χ1) is 14.1. The molecule has 0 spiro atoms. The van der Waals surface area contributed by atoms with Crippen molar-refractivity contribution < 1.29 is 0 Å². The van der Waals surface area contributed by atoms with Crippen LogP contribution in [-0.4, -0.2) is 46.3 Å². The van der Waals surface area contributed by atoms with Crippen molar-refractivity contribution in [3.63, 3.8) is 0 Å². The van der Waals surface area contributed by atoms with Crippen LogP contribution in [0.15, 0.2) is 21.8 Å². The Balaban J connectivity index is 0.00000320. The number of rotatable bonds is 8. The Labute approximate surface area is 202 Å². The van der Waals surface area contributed by atoms with Crippen molar-refractivity contribution in [1.82, 2.24) is 25.3 Å². The number of thiophene rings is 1. The third-order valence-electron chi connectivity index (χ3n) is 5.68. The second-order valence-corrected chi connectivity index (χ2v) is 8.50. The molecule has 0 atom stereocenters. The van der Waals surface area contributed by atoms with Crippen LogP contribution in [0, 0.1) is 0 Å². The Hall–Kier alpha value is -1.13. The maximum absolute atomic E-state index is 4.92. The molecule has 8 heteroatoms. The molecule has 1 saturated heterocycles. The number of nitrogens with one attached hydrogen (secondary N) is 2. The van der Waals surface area contributed by atoms with Gasteiger partial charge in [0.05, 0.1) is 12.2 Å². The van der Waals surface area contributed by atoms with Gasteiger partial charge in [0.1, 0.15) is 0 Å². The summed E-state index contributed by atoms with van der Waals surface area (Å²) in [5.41, 5.74) is 5.19. The summed E-state index contributed by atoms with van der Waals surface area (Å²) >= 11 is 1.78. The minimum atomic E-state index is 0. The molecule has 0 aromatic carbocycles. The molecule has 0 unspecified atom stereocenters. The number of nitrogens with zero attached hydrogens (tertiary/aromatic N) is 4. The van der Waals surface area contributed by atoms with E-state index in [-0.39, 0.29) is 24.0 Å². The lowest BCUT2D eigenvalue weighted by Gasteiger charge is -2.33. The highest BCUT2D eigenvalue weighted by molar-refractivity contribution is 14.0. The maximum Gasteiger partial charge on any atom is 0.191 e. The SMILES string of the molecule is CCNC(=NCc1c(CC)nn(C)c1CC)NC1CCN(Cc2ccsc2)CC1.I. The van der Waals surface area contributed by atoms with Crippen molar-refractivity contribution >= 4 is 41.3 Å². The lowest BCUT2D eigenvalue weighted by Crippen LogP contribution is -2.48. The van der Waals surface area contributed by atoms with Gasteiger partial charge in [-0.1, -0.05) is 13.8 Å². The summed E-state index contributed by atoms with van der Waals surface area (Å²) in [4.78, 5) is 7.47. The third kappa shape index (κ3) is 6.68. The molecule has 2 aromatic rings. The van der Waals surface area contributed by atoms with Crippen LogP contribution in [0.2, 0.25) is 0 Å². The van der Waals surface area contributed by atoms with E-state index >= 15 is 0 Å². The fourth-order valence-electron chi connectivity index (χ4n) is 4.12. The first-order valence-corrected chi connectivity index (χ1v) is 11.9. The topological polar surface area (TPSA) is 57.5 Å². The minimum absolute atomic E-state index is 0. The number of guanidine groups is 1. The molecule has 168 valence electrons. The highest BCUT2D eigenvalue weighted by Gasteiger charge is 2.20. The van der Waals surface area contributed by atoms with Crippen molar-refractivity contribution in [3.8, 4) is 0 Å². The first-order valence-electron chi connectivity index (χ1n) is 11.0. The highest BCUT2D eigenvalue weighted by Crippen LogP contribution is 2.17. The molecule has 3 rings (SSSR count). The molecule has 0 saturated carbocycles. The molecule has 1 aliphatic rings. The lowest BCUT2D eigenvalue weighted by atomic mass is 10.0. The molecule has 0 bridgehead atoms. The number of piperidine rings is 1. The van der Waals surface area contributed by atoms with Crippen LogP contribution in [0.1, 0.15) is 56.1 Å². The van der Waals surface area contributed by atoms with Gasteiger partial charge in [-0.2, -0.15) is 16.4 Å². The number of likely N-dealkylation sites (tertiary alicyclic amines) is 1. The van der Waals surface area contributed by atoms with E-state index in [1.54, 1.807) is 11.3 Å². The fraction of sp³-hybridized carbons (Fsp3) is 0.636. The van der Waals surface area contributed by atoms with Gasteiger partial charge in [-0.25, -0.2) is 4.99 Å². The van der Waals surface area contributed by atoms with Crippen LogP contribution in [0.3, 0.4) is 0 Å². The number of hydrogen-bond donors (Lipinski definition) is 2. The zero-order valence-electron chi connectivity index (χ0n) is 18.8. The smallest absolute Gasteiger partial charge is 0.191 e. The summed E-state index contributed by atoms with van der Waals surface area (Å²) in [6, 6.07) is 2.72. The molecular formula is C22H37IN6S. The van der Waals surface area contributed by atoms with E-state index in [1.165, 1.54) is 22.5 Å². The second kappa shape index (κ2) is 12.7. The molecule has 2 aromatic heterocycles. The number of halogens is 1. The van der Waals surface area contributed by atoms with Gasteiger partial charge < -0.3 is 10.6 Å². The summed E-state index contributed by atoms with van der Waals surface area (Å²) < 4.78 is 2.02. The van der Waals surface area contributed by atoms with Crippen LogP contribution in [0.25, 0.3) is 0 Å². The summed E-state index contributed by atoms with van der Waals surface area (Å²) in [7, 11) is 2.04. The molecule has 0 amide bonds. The monoisotopic (exact) mass is 544 g/mol. The number of aliphatic imine (C=N–C) groups is 1. The van der Waals surface area contributed by atoms with Gasteiger partial charge in [-0.05, 0) is 55.0 Å². The molecule has 0 radical (unpaired) electrons. The summed E-state index contributed by atoms with van der Waals surface area (Å²) in [5, 5.41) is 16.2. The Morgan fingerprint density at radius 2 is 2.00 bits per heavy atom. The van der Waals surface area contributed by atoms with Crippen LogP contribution in [-0.2, 0) is 33.0 Å². The summed E-state index contributed by atoms with van der Waals surface area (Å²) in [5.74, 6) is 0.928. The van der Waals surface area contributed by atoms with Crippen LogP contribution in [0.5, 0.6) is 0 Å². The van der Waals surface area contributed by atoms with E-state index in [0.717, 1.165) is 57.8 Å². The van der Waals surface area contributed by atoms with Gasteiger partial charge in [0, 0.05) is 50.5 Å². The lowest BCUT2D eigenvalue weighted by molar-refractivity contribution is 0.198. The van der Waals surface area contributed by atoms with E-state index < -0.39 is 0 Å². The average Bonchev–Trinajstić information content (AvgIpc) is 3.34. The van der Waals surface area contributed by atoms with Crippen molar-refractivity contribution in [2.24, 2.45) is 12.0 Å². The van der Waals surface area contributed by atoms with Gasteiger partial charge in [0.15, 0.2) is 5.96 Å². The Morgan fingerprint density at radius 3 is 2.60 bits per heavy atom.